The smallest absolute Gasteiger partial charge is 0.104 e. The van der Waals surface area contributed by atoms with Crippen LogP contribution in [0.25, 0.3) is 0 Å². The zero-order valence-electron chi connectivity index (χ0n) is 5.30. The molecule has 2 aliphatic rings. The average molecular weight is 129 g/mol. The fraction of sp³-hybridized carbons (Fsp3) is 1.00. The molecule has 2 saturated heterocycles. The second-order valence-corrected chi connectivity index (χ2v) is 2.60. The first kappa shape index (κ1) is 5.65. The summed E-state index contributed by atoms with van der Waals surface area (Å²) in [5, 5.41) is 3.16. The Hall–Kier alpha value is -0.120. The lowest BCUT2D eigenvalue weighted by atomic mass is 10.5. The van der Waals surface area contributed by atoms with Gasteiger partial charge in [0.15, 0.2) is 0 Å². The van der Waals surface area contributed by atoms with E-state index in [1.807, 2.05) is 0 Å². The Labute approximate surface area is 54.3 Å². The van der Waals surface area contributed by atoms with Gasteiger partial charge < -0.3 is 14.8 Å². The predicted octanol–water partition coefficient (Wildman–Crippen LogP) is -0.626. The standard InChI is InChI=1S/C6H11NO2/c1-5(7-1)2-8-3-6-4-9-6/h5-7H,1-4H2. The van der Waals surface area contributed by atoms with Gasteiger partial charge >= 0.3 is 0 Å². The molecule has 1 N–H and O–H groups in total. The molecule has 0 radical (unpaired) electrons. The Morgan fingerprint density at radius 3 is 2.89 bits per heavy atom. The maximum absolute atomic E-state index is 5.29. The third-order valence-electron chi connectivity index (χ3n) is 1.52. The summed E-state index contributed by atoms with van der Waals surface area (Å²) in [7, 11) is 0. The molecule has 2 unspecified atom stereocenters. The molecule has 2 atom stereocenters. The van der Waals surface area contributed by atoms with E-state index >= 15 is 0 Å². The van der Waals surface area contributed by atoms with E-state index in [1.165, 1.54) is 0 Å². The summed E-state index contributed by atoms with van der Waals surface area (Å²) in [5.74, 6) is 0. The van der Waals surface area contributed by atoms with E-state index in [-0.39, 0.29) is 0 Å². The summed E-state index contributed by atoms with van der Waals surface area (Å²) in [6.45, 7) is 3.68. The second-order valence-electron chi connectivity index (χ2n) is 2.60. The van der Waals surface area contributed by atoms with Crippen LogP contribution < -0.4 is 5.32 Å². The molecule has 2 fully saturated rings. The molecule has 0 aromatic heterocycles. The van der Waals surface area contributed by atoms with Crippen molar-refractivity contribution in [3.8, 4) is 0 Å². The lowest BCUT2D eigenvalue weighted by Gasteiger charge is -1.96. The average Bonchev–Trinajstić information content (AvgIpc) is 2.57. The van der Waals surface area contributed by atoms with Crippen molar-refractivity contribution in [3.63, 3.8) is 0 Å². The van der Waals surface area contributed by atoms with Crippen molar-refractivity contribution in [2.45, 2.75) is 12.1 Å². The van der Waals surface area contributed by atoms with Crippen LogP contribution in [0.1, 0.15) is 0 Å². The minimum Gasteiger partial charge on any atom is -0.377 e. The largest absolute Gasteiger partial charge is 0.377 e. The fourth-order valence-corrected chi connectivity index (χ4v) is 0.707. The molecule has 0 amide bonds. The molecule has 0 aliphatic carbocycles. The molecule has 3 heteroatoms. The van der Waals surface area contributed by atoms with Gasteiger partial charge in [0, 0.05) is 12.6 Å². The van der Waals surface area contributed by atoms with E-state index in [9.17, 15) is 0 Å². The van der Waals surface area contributed by atoms with Gasteiger partial charge in [0.25, 0.3) is 0 Å². The summed E-state index contributed by atoms with van der Waals surface area (Å²) in [6, 6.07) is 0.642. The van der Waals surface area contributed by atoms with E-state index < -0.39 is 0 Å². The van der Waals surface area contributed by atoms with Gasteiger partial charge in [0.05, 0.1) is 19.8 Å². The van der Waals surface area contributed by atoms with E-state index in [0.717, 1.165) is 26.4 Å². The molecule has 2 heterocycles. The zero-order chi connectivity index (χ0) is 6.10. The molecule has 0 aromatic rings. The van der Waals surface area contributed by atoms with Gasteiger partial charge in [-0.3, -0.25) is 0 Å². The summed E-state index contributed by atoms with van der Waals surface area (Å²) in [6.07, 6.45) is 0.420. The second kappa shape index (κ2) is 2.25. The first-order valence-corrected chi connectivity index (χ1v) is 3.38. The number of hydrogen-bond acceptors (Lipinski definition) is 3. The van der Waals surface area contributed by atoms with Crippen LogP contribution in [0.3, 0.4) is 0 Å². The van der Waals surface area contributed by atoms with Crippen molar-refractivity contribution in [1.82, 2.24) is 5.32 Å². The third kappa shape index (κ3) is 1.93. The van der Waals surface area contributed by atoms with Crippen molar-refractivity contribution in [2.75, 3.05) is 26.4 Å². The Morgan fingerprint density at radius 2 is 2.33 bits per heavy atom. The normalized spacial score (nSPS) is 38.7. The van der Waals surface area contributed by atoms with Crippen molar-refractivity contribution < 1.29 is 9.47 Å². The number of ether oxygens (including phenoxy) is 2. The molecule has 9 heavy (non-hydrogen) atoms. The van der Waals surface area contributed by atoms with Crippen LogP contribution in [0.4, 0.5) is 0 Å². The minimum atomic E-state index is 0.420. The van der Waals surface area contributed by atoms with Crippen LogP contribution in [0, 0.1) is 0 Å². The summed E-state index contributed by atoms with van der Waals surface area (Å²) >= 11 is 0. The first-order chi connectivity index (χ1) is 4.45. The summed E-state index contributed by atoms with van der Waals surface area (Å²) < 4.78 is 10.3. The number of rotatable bonds is 4. The lowest BCUT2D eigenvalue weighted by Crippen LogP contribution is -2.08. The number of nitrogens with one attached hydrogen (secondary N) is 1. The molecule has 52 valence electrons. The SMILES string of the molecule is C1NC1COCC1CO1. The van der Waals surface area contributed by atoms with E-state index in [4.69, 9.17) is 9.47 Å². The maximum atomic E-state index is 5.29. The van der Waals surface area contributed by atoms with Gasteiger partial charge in [0.2, 0.25) is 0 Å². The van der Waals surface area contributed by atoms with Crippen LogP contribution in [0.5, 0.6) is 0 Å². The maximum Gasteiger partial charge on any atom is 0.104 e. The predicted molar refractivity (Wildman–Crippen MR) is 32.3 cm³/mol. The molecule has 0 bridgehead atoms. The van der Waals surface area contributed by atoms with Crippen LogP contribution in [-0.4, -0.2) is 38.5 Å². The Morgan fingerprint density at radius 1 is 1.56 bits per heavy atom. The highest BCUT2D eigenvalue weighted by Crippen LogP contribution is 2.09. The fourth-order valence-electron chi connectivity index (χ4n) is 0.707. The van der Waals surface area contributed by atoms with Crippen molar-refractivity contribution in [2.24, 2.45) is 0 Å². The third-order valence-corrected chi connectivity index (χ3v) is 1.52. The molecule has 2 aliphatic heterocycles. The van der Waals surface area contributed by atoms with Gasteiger partial charge in [-0.2, -0.15) is 0 Å². The van der Waals surface area contributed by atoms with Crippen LogP contribution >= 0.6 is 0 Å². The van der Waals surface area contributed by atoms with Gasteiger partial charge in [-0.1, -0.05) is 0 Å². The van der Waals surface area contributed by atoms with Crippen LogP contribution in [0.2, 0.25) is 0 Å². The minimum absolute atomic E-state index is 0.420. The topological polar surface area (TPSA) is 43.7 Å². The summed E-state index contributed by atoms with van der Waals surface area (Å²) in [4.78, 5) is 0. The monoisotopic (exact) mass is 129 g/mol. The van der Waals surface area contributed by atoms with Gasteiger partial charge in [-0.25, -0.2) is 0 Å². The quantitative estimate of drug-likeness (QED) is 0.514. The highest BCUT2D eigenvalue weighted by molar-refractivity contribution is 4.82. The molecule has 2 rings (SSSR count). The molecule has 0 spiro atoms. The van der Waals surface area contributed by atoms with Crippen LogP contribution in [0.15, 0.2) is 0 Å². The van der Waals surface area contributed by atoms with Crippen molar-refractivity contribution in [1.29, 1.82) is 0 Å². The van der Waals surface area contributed by atoms with E-state index in [1.54, 1.807) is 0 Å². The Balaban J connectivity index is 1.46. The van der Waals surface area contributed by atoms with Gasteiger partial charge in [-0.15, -0.1) is 0 Å². The van der Waals surface area contributed by atoms with E-state index in [2.05, 4.69) is 5.32 Å². The Kier molecular flexibility index (Phi) is 1.41. The van der Waals surface area contributed by atoms with Gasteiger partial charge in [-0.05, 0) is 0 Å². The molecular weight excluding hydrogens is 118 g/mol. The van der Waals surface area contributed by atoms with Crippen molar-refractivity contribution >= 4 is 0 Å². The van der Waals surface area contributed by atoms with Crippen LogP contribution in [-0.2, 0) is 9.47 Å². The molecule has 3 nitrogen and oxygen atoms in total. The molecular formula is C6H11NO2. The van der Waals surface area contributed by atoms with E-state index in [0.29, 0.717) is 12.1 Å². The molecule has 0 aromatic carbocycles. The highest BCUT2D eigenvalue weighted by Gasteiger charge is 2.25. The van der Waals surface area contributed by atoms with Crippen molar-refractivity contribution in [3.05, 3.63) is 0 Å². The first-order valence-electron chi connectivity index (χ1n) is 3.38. The number of hydrogen-bond donors (Lipinski definition) is 1. The zero-order valence-corrected chi connectivity index (χ0v) is 5.30. The lowest BCUT2D eigenvalue weighted by molar-refractivity contribution is 0.118. The molecule has 0 saturated carbocycles. The highest BCUT2D eigenvalue weighted by atomic mass is 16.6. The number of epoxide rings is 1. The summed E-state index contributed by atoms with van der Waals surface area (Å²) in [5.41, 5.74) is 0. The van der Waals surface area contributed by atoms with Gasteiger partial charge in [0.1, 0.15) is 6.10 Å². The Bertz CT molecular complexity index is 87.2.